The molecule has 0 bridgehead atoms. The third-order valence-electron chi connectivity index (χ3n) is 3.12. The number of hydrogen-bond donors (Lipinski definition) is 0. The lowest BCUT2D eigenvalue weighted by Crippen LogP contribution is -2.32. The van der Waals surface area contributed by atoms with Gasteiger partial charge in [-0.1, -0.05) is 13.8 Å². The monoisotopic (exact) mass is 198 g/mol. The molecule has 0 unspecified atom stereocenters. The maximum atomic E-state index is 6.18. The molecule has 2 heteroatoms. The lowest BCUT2D eigenvalue weighted by Gasteiger charge is -2.28. The summed E-state index contributed by atoms with van der Waals surface area (Å²) >= 11 is 0. The first-order valence-electron chi connectivity index (χ1n) is 5.58. The molecule has 0 saturated carbocycles. The van der Waals surface area contributed by atoms with Gasteiger partial charge in [0.05, 0.1) is 5.76 Å². The summed E-state index contributed by atoms with van der Waals surface area (Å²) in [6.07, 6.45) is 7.39. The van der Waals surface area contributed by atoms with Crippen LogP contribution in [0.25, 0.3) is 0 Å². The molecule has 0 aliphatic heterocycles. The van der Waals surface area contributed by atoms with Crippen molar-refractivity contribution in [2.24, 2.45) is 0 Å². The summed E-state index contributed by atoms with van der Waals surface area (Å²) in [7, 11) is -1.35. The lowest BCUT2D eigenvalue weighted by molar-refractivity contribution is 0.371. The van der Waals surface area contributed by atoms with Crippen molar-refractivity contribution in [3.05, 3.63) is 11.8 Å². The van der Waals surface area contributed by atoms with Crippen molar-refractivity contribution in [2.45, 2.75) is 58.2 Å². The fourth-order valence-corrected chi connectivity index (χ4v) is 3.22. The van der Waals surface area contributed by atoms with Crippen molar-refractivity contribution in [1.29, 1.82) is 0 Å². The van der Waals surface area contributed by atoms with Gasteiger partial charge in [0.15, 0.2) is 0 Å². The third kappa shape index (κ3) is 3.18. The number of hydrogen-bond acceptors (Lipinski definition) is 1. The molecule has 1 nitrogen and oxygen atoms in total. The first-order valence-corrected chi connectivity index (χ1v) is 8.40. The Morgan fingerprint density at radius 3 is 2.46 bits per heavy atom. The van der Waals surface area contributed by atoms with E-state index in [4.69, 9.17) is 4.43 Å². The second kappa shape index (κ2) is 4.84. The molecule has 0 fully saturated rings. The average Bonchev–Trinajstić information content (AvgIpc) is 2.19. The van der Waals surface area contributed by atoms with Crippen LogP contribution in [0, 0.1) is 0 Å². The van der Waals surface area contributed by atoms with Gasteiger partial charge in [0, 0.05) is 6.42 Å². The van der Waals surface area contributed by atoms with Gasteiger partial charge < -0.3 is 4.43 Å². The molecule has 0 saturated heterocycles. The van der Waals surface area contributed by atoms with Gasteiger partial charge in [0.25, 0.3) is 0 Å². The van der Waals surface area contributed by atoms with Gasteiger partial charge in [-0.3, -0.25) is 0 Å². The maximum Gasteiger partial charge on any atom is 0.247 e. The van der Waals surface area contributed by atoms with E-state index >= 15 is 0 Å². The highest BCUT2D eigenvalue weighted by Gasteiger charge is 2.27. The molecule has 1 aliphatic rings. The van der Waals surface area contributed by atoms with Gasteiger partial charge in [-0.05, 0) is 44.0 Å². The first kappa shape index (κ1) is 10.8. The zero-order chi connectivity index (χ0) is 9.73. The quantitative estimate of drug-likeness (QED) is 0.619. The van der Waals surface area contributed by atoms with E-state index in [2.05, 4.69) is 26.5 Å². The molecule has 76 valence electrons. The standard InChI is InChI=1S/C11H22OSi/c1-4-13(3,5-2)12-11-9-7-6-8-10-11/h9H,4-8,10H2,1-3H3. The van der Waals surface area contributed by atoms with E-state index in [1.54, 1.807) is 0 Å². The summed E-state index contributed by atoms with van der Waals surface area (Å²) in [6.45, 7) is 6.88. The van der Waals surface area contributed by atoms with Crippen LogP contribution < -0.4 is 0 Å². The van der Waals surface area contributed by atoms with E-state index in [0.717, 1.165) is 0 Å². The van der Waals surface area contributed by atoms with Crippen LogP contribution in [0.3, 0.4) is 0 Å². The minimum atomic E-state index is -1.35. The summed E-state index contributed by atoms with van der Waals surface area (Å²) in [4.78, 5) is 0. The smallest absolute Gasteiger partial charge is 0.247 e. The van der Waals surface area contributed by atoms with Crippen LogP contribution in [-0.4, -0.2) is 8.32 Å². The van der Waals surface area contributed by atoms with E-state index in [1.807, 2.05) is 0 Å². The summed E-state index contributed by atoms with van der Waals surface area (Å²) in [6, 6.07) is 2.47. The molecule has 0 N–H and O–H groups in total. The summed E-state index contributed by atoms with van der Waals surface area (Å²) in [5.41, 5.74) is 0. The second-order valence-corrected chi connectivity index (χ2v) is 8.69. The van der Waals surface area contributed by atoms with Gasteiger partial charge in [0.2, 0.25) is 8.32 Å². The summed E-state index contributed by atoms with van der Waals surface area (Å²) < 4.78 is 6.18. The molecule has 0 radical (unpaired) electrons. The summed E-state index contributed by atoms with van der Waals surface area (Å²) in [5.74, 6) is 1.30. The van der Waals surface area contributed by atoms with Crippen molar-refractivity contribution in [3.63, 3.8) is 0 Å². The molecule has 1 aliphatic carbocycles. The lowest BCUT2D eigenvalue weighted by atomic mass is 10.1. The molecule has 0 atom stereocenters. The van der Waals surface area contributed by atoms with E-state index in [0.29, 0.717) is 0 Å². The normalized spacial score (nSPS) is 18.2. The van der Waals surface area contributed by atoms with Crippen LogP contribution in [0.5, 0.6) is 0 Å². The first-order chi connectivity index (χ1) is 6.20. The topological polar surface area (TPSA) is 9.23 Å². The fraction of sp³-hybridized carbons (Fsp3) is 0.818. The van der Waals surface area contributed by atoms with Crippen molar-refractivity contribution in [1.82, 2.24) is 0 Å². The highest BCUT2D eigenvalue weighted by atomic mass is 28.4. The zero-order valence-electron chi connectivity index (χ0n) is 9.23. The number of allylic oxidation sites excluding steroid dienone is 2. The predicted octanol–water partition coefficient (Wildman–Crippen LogP) is 4.08. The van der Waals surface area contributed by atoms with Crippen LogP contribution in [0.4, 0.5) is 0 Å². The van der Waals surface area contributed by atoms with Gasteiger partial charge >= 0.3 is 0 Å². The Hall–Kier alpha value is -0.243. The van der Waals surface area contributed by atoms with Crippen LogP contribution >= 0.6 is 0 Å². The molecule has 0 spiro atoms. The van der Waals surface area contributed by atoms with Crippen LogP contribution in [0.2, 0.25) is 18.6 Å². The Morgan fingerprint density at radius 2 is 2.00 bits per heavy atom. The van der Waals surface area contributed by atoms with Crippen molar-refractivity contribution in [3.8, 4) is 0 Å². The minimum absolute atomic E-state index is 1.18. The number of rotatable bonds is 4. The van der Waals surface area contributed by atoms with Crippen LogP contribution in [0.1, 0.15) is 39.5 Å². The van der Waals surface area contributed by atoms with Crippen molar-refractivity contribution >= 4 is 8.32 Å². The molecule has 13 heavy (non-hydrogen) atoms. The van der Waals surface area contributed by atoms with Crippen molar-refractivity contribution < 1.29 is 4.43 Å². The van der Waals surface area contributed by atoms with Crippen LogP contribution in [-0.2, 0) is 4.43 Å². The second-order valence-electron chi connectivity index (χ2n) is 4.18. The fourth-order valence-electron chi connectivity index (χ4n) is 1.61. The van der Waals surface area contributed by atoms with E-state index < -0.39 is 8.32 Å². The minimum Gasteiger partial charge on any atom is -0.547 e. The Balaban J connectivity index is 2.49. The van der Waals surface area contributed by atoms with Crippen molar-refractivity contribution in [2.75, 3.05) is 0 Å². The van der Waals surface area contributed by atoms with Gasteiger partial charge in [-0.2, -0.15) is 0 Å². The Bertz CT molecular complexity index is 183. The molecule has 0 aromatic rings. The molecular formula is C11H22OSi. The van der Waals surface area contributed by atoms with Gasteiger partial charge in [0.1, 0.15) is 0 Å². The predicted molar refractivity (Wildman–Crippen MR) is 60.2 cm³/mol. The molecule has 0 aromatic carbocycles. The molecule has 1 rings (SSSR count). The van der Waals surface area contributed by atoms with E-state index in [9.17, 15) is 0 Å². The SMILES string of the molecule is CC[Si](C)(CC)OC1=CCCCC1. The van der Waals surface area contributed by atoms with Gasteiger partial charge in [-0.25, -0.2) is 0 Å². The largest absolute Gasteiger partial charge is 0.547 e. The molecular weight excluding hydrogens is 176 g/mol. The maximum absolute atomic E-state index is 6.18. The molecule has 0 amide bonds. The Kier molecular flexibility index (Phi) is 4.04. The molecule has 0 heterocycles. The van der Waals surface area contributed by atoms with Gasteiger partial charge in [-0.15, -0.1) is 0 Å². The summed E-state index contributed by atoms with van der Waals surface area (Å²) in [5, 5.41) is 0. The molecule has 0 aromatic heterocycles. The third-order valence-corrected chi connectivity index (χ3v) is 6.87. The Labute approximate surface area is 83.3 Å². The zero-order valence-corrected chi connectivity index (χ0v) is 10.2. The van der Waals surface area contributed by atoms with E-state index in [-0.39, 0.29) is 0 Å². The Morgan fingerprint density at radius 1 is 1.31 bits per heavy atom. The highest BCUT2D eigenvalue weighted by Crippen LogP contribution is 2.25. The highest BCUT2D eigenvalue weighted by molar-refractivity contribution is 6.72. The van der Waals surface area contributed by atoms with Crippen LogP contribution in [0.15, 0.2) is 11.8 Å². The average molecular weight is 198 g/mol. The van der Waals surface area contributed by atoms with E-state index in [1.165, 1.54) is 43.5 Å².